The van der Waals surface area contributed by atoms with E-state index in [1.807, 2.05) is 19.2 Å². The minimum atomic E-state index is -3.09. The van der Waals surface area contributed by atoms with Crippen LogP contribution in [0.3, 0.4) is 0 Å². The number of benzene rings is 1. The van der Waals surface area contributed by atoms with Crippen LogP contribution in [-0.2, 0) is 9.84 Å². The van der Waals surface area contributed by atoms with E-state index in [1.54, 1.807) is 12.1 Å². The quantitative estimate of drug-likeness (QED) is 0.849. The molecule has 1 rings (SSSR count). The predicted octanol–water partition coefficient (Wildman–Crippen LogP) is 2.54. The van der Waals surface area contributed by atoms with Gasteiger partial charge in [0.25, 0.3) is 0 Å². The highest BCUT2D eigenvalue weighted by molar-refractivity contribution is 7.90. The first-order valence-electron chi connectivity index (χ1n) is 5.96. The fraction of sp³-hybridized carbons (Fsp3) is 0.538. The van der Waals surface area contributed by atoms with E-state index >= 15 is 0 Å². The molecule has 17 heavy (non-hydrogen) atoms. The Kier molecular flexibility index (Phi) is 5.15. The van der Waals surface area contributed by atoms with Crippen LogP contribution >= 0.6 is 0 Å². The maximum absolute atomic E-state index is 11.3. The minimum Gasteiger partial charge on any atom is -0.313 e. The first-order chi connectivity index (χ1) is 7.99. The molecule has 0 saturated heterocycles. The Labute approximate surface area is 104 Å². The maximum Gasteiger partial charge on any atom is 0.175 e. The molecule has 1 N–H and O–H groups in total. The lowest BCUT2D eigenvalue weighted by Crippen LogP contribution is -2.16. The molecule has 0 amide bonds. The minimum absolute atomic E-state index is 0.309. The van der Waals surface area contributed by atoms with Gasteiger partial charge in [-0.25, -0.2) is 8.42 Å². The van der Waals surface area contributed by atoms with E-state index < -0.39 is 9.84 Å². The fourth-order valence-electron chi connectivity index (χ4n) is 1.83. The van der Waals surface area contributed by atoms with Crippen molar-refractivity contribution in [2.24, 2.45) is 0 Å². The summed E-state index contributed by atoms with van der Waals surface area (Å²) in [5.74, 6) is 0. The molecular weight excluding hydrogens is 234 g/mol. The zero-order chi connectivity index (χ0) is 12.9. The van der Waals surface area contributed by atoms with Gasteiger partial charge < -0.3 is 5.32 Å². The zero-order valence-electron chi connectivity index (χ0n) is 10.7. The van der Waals surface area contributed by atoms with Crippen molar-refractivity contribution in [3.05, 3.63) is 29.8 Å². The molecule has 0 saturated carbocycles. The second kappa shape index (κ2) is 6.17. The van der Waals surface area contributed by atoms with E-state index in [2.05, 4.69) is 12.2 Å². The van der Waals surface area contributed by atoms with Gasteiger partial charge in [0.2, 0.25) is 0 Å². The molecular formula is C13H21NO2S. The standard InChI is InChI=1S/C13H21NO2S/c1-4-5-6-13(14-2)11-7-9-12(10-8-11)17(3,15)16/h7-10,13-14H,4-6H2,1-3H3. The summed E-state index contributed by atoms with van der Waals surface area (Å²) in [7, 11) is -1.15. The van der Waals surface area contributed by atoms with E-state index in [0.717, 1.165) is 12.0 Å². The summed E-state index contributed by atoms with van der Waals surface area (Å²) in [6, 6.07) is 7.46. The highest BCUT2D eigenvalue weighted by Gasteiger charge is 2.11. The summed E-state index contributed by atoms with van der Waals surface area (Å²) in [6.07, 6.45) is 4.64. The topological polar surface area (TPSA) is 46.2 Å². The van der Waals surface area contributed by atoms with Gasteiger partial charge in [0, 0.05) is 12.3 Å². The Morgan fingerprint density at radius 2 is 1.82 bits per heavy atom. The summed E-state index contributed by atoms with van der Waals surface area (Å²) in [6.45, 7) is 2.17. The summed E-state index contributed by atoms with van der Waals surface area (Å²) in [4.78, 5) is 0.381. The van der Waals surface area contributed by atoms with E-state index in [9.17, 15) is 8.42 Å². The normalized spacial score (nSPS) is 13.6. The number of nitrogens with one attached hydrogen (secondary N) is 1. The molecule has 0 aliphatic carbocycles. The third kappa shape index (κ3) is 4.13. The molecule has 1 atom stereocenters. The molecule has 0 aliphatic heterocycles. The van der Waals surface area contributed by atoms with Crippen LogP contribution < -0.4 is 5.32 Å². The van der Waals surface area contributed by atoms with Crippen molar-refractivity contribution in [1.29, 1.82) is 0 Å². The Morgan fingerprint density at radius 3 is 2.24 bits per heavy atom. The van der Waals surface area contributed by atoms with Crippen molar-refractivity contribution in [2.45, 2.75) is 37.1 Å². The highest BCUT2D eigenvalue weighted by Crippen LogP contribution is 2.20. The van der Waals surface area contributed by atoms with Gasteiger partial charge in [-0.1, -0.05) is 31.9 Å². The second-order valence-corrected chi connectivity index (χ2v) is 6.34. The molecule has 0 bridgehead atoms. The van der Waals surface area contributed by atoms with Crippen molar-refractivity contribution >= 4 is 9.84 Å². The van der Waals surface area contributed by atoms with Crippen LogP contribution in [-0.4, -0.2) is 21.7 Å². The number of unbranched alkanes of at least 4 members (excludes halogenated alkanes) is 1. The van der Waals surface area contributed by atoms with Gasteiger partial charge in [0.1, 0.15) is 0 Å². The number of sulfone groups is 1. The van der Waals surface area contributed by atoms with E-state index in [1.165, 1.54) is 19.1 Å². The fourth-order valence-corrected chi connectivity index (χ4v) is 2.46. The molecule has 0 heterocycles. The van der Waals surface area contributed by atoms with Gasteiger partial charge in [-0.3, -0.25) is 0 Å². The van der Waals surface area contributed by atoms with E-state index in [4.69, 9.17) is 0 Å². The molecule has 1 aromatic carbocycles. The summed E-state index contributed by atoms with van der Waals surface area (Å²) in [5, 5.41) is 3.26. The number of hydrogen-bond acceptors (Lipinski definition) is 3. The molecule has 0 aliphatic rings. The lowest BCUT2D eigenvalue weighted by Gasteiger charge is -2.16. The Hall–Kier alpha value is -0.870. The average Bonchev–Trinajstić information content (AvgIpc) is 2.29. The van der Waals surface area contributed by atoms with Gasteiger partial charge in [0.05, 0.1) is 4.90 Å². The predicted molar refractivity (Wildman–Crippen MR) is 70.9 cm³/mol. The highest BCUT2D eigenvalue weighted by atomic mass is 32.2. The maximum atomic E-state index is 11.3. The first kappa shape index (κ1) is 14.2. The van der Waals surface area contributed by atoms with Crippen LogP contribution in [0.25, 0.3) is 0 Å². The van der Waals surface area contributed by atoms with Crippen LogP contribution in [0.5, 0.6) is 0 Å². The van der Waals surface area contributed by atoms with Gasteiger partial charge in [-0.2, -0.15) is 0 Å². The Bertz CT molecular complexity index is 437. The van der Waals surface area contributed by atoms with Crippen molar-refractivity contribution < 1.29 is 8.42 Å². The molecule has 0 fully saturated rings. The van der Waals surface area contributed by atoms with Crippen molar-refractivity contribution in [3.63, 3.8) is 0 Å². The van der Waals surface area contributed by atoms with Crippen LogP contribution in [0.2, 0.25) is 0 Å². The van der Waals surface area contributed by atoms with Gasteiger partial charge in [-0.05, 0) is 31.2 Å². The van der Waals surface area contributed by atoms with E-state index in [0.29, 0.717) is 10.9 Å². The number of hydrogen-bond donors (Lipinski definition) is 1. The lowest BCUT2D eigenvalue weighted by atomic mass is 10.0. The third-order valence-electron chi connectivity index (χ3n) is 2.91. The summed E-state index contributed by atoms with van der Waals surface area (Å²) < 4.78 is 22.7. The lowest BCUT2D eigenvalue weighted by molar-refractivity contribution is 0.522. The zero-order valence-corrected chi connectivity index (χ0v) is 11.5. The van der Waals surface area contributed by atoms with Crippen LogP contribution in [0, 0.1) is 0 Å². The van der Waals surface area contributed by atoms with Crippen molar-refractivity contribution in [2.75, 3.05) is 13.3 Å². The Morgan fingerprint density at radius 1 is 1.24 bits per heavy atom. The van der Waals surface area contributed by atoms with Crippen molar-refractivity contribution in [3.8, 4) is 0 Å². The first-order valence-corrected chi connectivity index (χ1v) is 7.85. The third-order valence-corrected chi connectivity index (χ3v) is 4.03. The Balaban J connectivity index is 2.85. The molecule has 96 valence electrons. The number of rotatable bonds is 6. The molecule has 4 heteroatoms. The second-order valence-electron chi connectivity index (χ2n) is 4.32. The van der Waals surface area contributed by atoms with Gasteiger partial charge in [-0.15, -0.1) is 0 Å². The van der Waals surface area contributed by atoms with Crippen molar-refractivity contribution in [1.82, 2.24) is 5.32 Å². The summed E-state index contributed by atoms with van der Waals surface area (Å²) in [5.41, 5.74) is 1.15. The summed E-state index contributed by atoms with van der Waals surface area (Å²) >= 11 is 0. The molecule has 0 spiro atoms. The van der Waals surface area contributed by atoms with Crippen LogP contribution in [0.15, 0.2) is 29.2 Å². The monoisotopic (exact) mass is 255 g/mol. The van der Waals surface area contributed by atoms with Crippen LogP contribution in [0.4, 0.5) is 0 Å². The molecule has 0 aromatic heterocycles. The van der Waals surface area contributed by atoms with Crippen LogP contribution in [0.1, 0.15) is 37.8 Å². The average molecular weight is 255 g/mol. The molecule has 1 unspecified atom stereocenters. The SMILES string of the molecule is CCCCC(NC)c1ccc(S(C)(=O)=O)cc1. The smallest absolute Gasteiger partial charge is 0.175 e. The largest absolute Gasteiger partial charge is 0.313 e. The van der Waals surface area contributed by atoms with E-state index in [-0.39, 0.29) is 0 Å². The van der Waals surface area contributed by atoms with Gasteiger partial charge >= 0.3 is 0 Å². The molecule has 3 nitrogen and oxygen atoms in total. The molecule has 1 aromatic rings. The molecule has 0 radical (unpaired) electrons. The van der Waals surface area contributed by atoms with Gasteiger partial charge in [0.15, 0.2) is 9.84 Å².